The molecule has 0 aromatic heterocycles. The predicted octanol–water partition coefficient (Wildman–Crippen LogP) is 4.19. The minimum absolute atomic E-state index is 0.181. The molecule has 0 radical (unpaired) electrons. The van der Waals surface area contributed by atoms with Crippen molar-refractivity contribution >= 4 is 7.60 Å². The zero-order valence-electron chi connectivity index (χ0n) is 11.4. The van der Waals surface area contributed by atoms with E-state index in [0.717, 1.165) is 25.7 Å². The SMILES string of the molecule is CC.CCCCC(CC)C(CC)P(=O)(O)O. The number of hydrogen-bond acceptors (Lipinski definition) is 1. The first kappa shape index (κ1) is 18.5. The second kappa shape index (κ2) is 10.3. The van der Waals surface area contributed by atoms with E-state index in [4.69, 9.17) is 0 Å². The topological polar surface area (TPSA) is 57.5 Å². The monoisotopic (exact) mass is 252 g/mol. The van der Waals surface area contributed by atoms with Crippen LogP contribution in [0.1, 0.15) is 66.7 Å². The molecule has 0 aromatic rings. The van der Waals surface area contributed by atoms with Crippen molar-refractivity contribution in [3.63, 3.8) is 0 Å². The standard InChI is InChI=1S/C10H23O3P.C2H6/c1-4-7-8-9(5-2)10(6-3)14(11,12)13;1-2/h9-10H,4-8H2,1-3H3,(H2,11,12,13);1-2H3. The molecule has 4 heteroatoms. The van der Waals surface area contributed by atoms with Gasteiger partial charge in [-0.15, -0.1) is 0 Å². The summed E-state index contributed by atoms with van der Waals surface area (Å²) < 4.78 is 11.2. The van der Waals surface area contributed by atoms with Gasteiger partial charge in [0.2, 0.25) is 0 Å². The van der Waals surface area contributed by atoms with Gasteiger partial charge in [0, 0.05) is 0 Å². The molecule has 0 spiro atoms. The summed E-state index contributed by atoms with van der Waals surface area (Å²) in [6.07, 6.45) is 4.54. The predicted molar refractivity (Wildman–Crippen MR) is 70.8 cm³/mol. The average Bonchev–Trinajstić information content (AvgIpc) is 2.25. The lowest BCUT2D eigenvalue weighted by atomic mass is 9.94. The van der Waals surface area contributed by atoms with Gasteiger partial charge in [-0.25, -0.2) is 0 Å². The summed E-state index contributed by atoms with van der Waals surface area (Å²) in [5.41, 5.74) is -0.431. The quantitative estimate of drug-likeness (QED) is 0.668. The molecule has 0 aliphatic carbocycles. The normalized spacial score (nSPS) is 14.9. The van der Waals surface area contributed by atoms with Gasteiger partial charge in [0.05, 0.1) is 5.66 Å². The third-order valence-electron chi connectivity index (χ3n) is 2.85. The van der Waals surface area contributed by atoms with Crippen LogP contribution in [0, 0.1) is 5.92 Å². The summed E-state index contributed by atoms with van der Waals surface area (Å²) in [5.74, 6) is 0.181. The van der Waals surface area contributed by atoms with Crippen molar-refractivity contribution in [3.8, 4) is 0 Å². The minimum Gasteiger partial charge on any atom is -0.324 e. The highest BCUT2D eigenvalue weighted by Crippen LogP contribution is 2.48. The molecule has 2 unspecified atom stereocenters. The van der Waals surface area contributed by atoms with Crippen molar-refractivity contribution < 1.29 is 14.4 Å². The summed E-state index contributed by atoms with van der Waals surface area (Å²) in [6, 6.07) is 0. The first-order valence-electron chi connectivity index (χ1n) is 6.52. The Morgan fingerprint density at radius 2 is 1.56 bits per heavy atom. The summed E-state index contributed by atoms with van der Waals surface area (Å²) in [5, 5.41) is 0. The molecule has 100 valence electrons. The van der Waals surface area contributed by atoms with Gasteiger partial charge >= 0.3 is 7.60 Å². The maximum absolute atomic E-state index is 11.2. The van der Waals surface area contributed by atoms with Gasteiger partial charge in [-0.1, -0.05) is 53.9 Å². The minimum atomic E-state index is -3.89. The second-order valence-corrected chi connectivity index (χ2v) is 5.72. The Bertz CT molecular complexity index is 189. The molecule has 16 heavy (non-hydrogen) atoms. The highest BCUT2D eigenvalue weighted by atomic mass is 31.2. The van der Waals surface area contributed by atoms with Crippen LogP contribution in [-0.2, 0) is 4.57 Å². The fraction of sp³-hybridized carbons (Fsp3) is 1.00. The Morgan fingerprint density at radius 3 is 1.81 bits per heavy atom. The Kier molecular flexibility index (Phi) is 11.9. The summed E-state index contributed by atoms with van der Waals surface area (Å²) >= 11 is 0. The van der Waals surface area contributed by atoms with Gasteiger partial charge in [0.15, 0.2) is 0 Å². The van der Waals surface area contributed by atoms with Crippen LogP contribution in [0.15, 0.2) is 0 Å². The van der Waals surface area contributed by atoms with E-state index in [1.54, 1.807) is 0 Å². The molecule has 0 fully saturated rings. The molecule has 0 amide bonds. The summed E-state index contributed by atoms with van der Waals surface area (Å²) in [4.78, 5) is 18.4. The smallest absolute Gasteiger partial charge is 0.324 e. The van der Waals surface area contributed by atoms with Gasteiger partial charge < -0.3 is 9.79 Å². The Morgan fingerprint density at radius 1 is 1.06 bits per heavy atom. The first-order valence-corrected chi connectivity index (χ1v) is 8.20. The Balaban J connectivity index is 0. The van der Waals surface area contributed by atoms with Crippen LogP contribution >= 0.6 is 7.60 Å². The third-order valence-corrected chi connectivity index (χ3v) is 4.50. The van der Waals surface area contributed by atoms with E-state index in [1.807, 2.05) is 27.7 Å². The van der Waals surface area contributed by atoms with Crippen LogP contribution in [-0.4, -0.2) is 15.4 Å². The number of rotatable bonds is 7. The highest BCUT2D eigenvalue weighted by Gasteiger charge is 2.32. The van der Waals surface area contributed by atoms with Gasteiger partial charge in [0.25, 0.3) is 0 Å². The van der Waals surface area contributed by atoms with Crippen LogP contribution in [0.2, 0.25) is 0 Å². The molecule has 2 N–H and O–H groups in total. The van der Waals surface area contributed by atoms with Gasteiger partial charge in [-0.2, -0.15) is 0 Å². The van der Waals surface area contributed by atoms with Crippen LogP contribution in [0.4, 0.5) is 0 Å². The second-order valence-electron chi connectivity index (χ2n) is 3.88. The Hall–Kier alpha value is 0.150. The lowest BCUT2D eigenvalue weighted by Gasteiger charge is -2.25. The van der Waals surface area contributed by atoms with Crippen LogP contribution in [0.5, 0.6) is 0 Å². The fourth-order valence-electron chi connectivity index (χ4n) is 1.98. The molecule has 3 nitrogen and oxygen atoms in total. The molecule has 0 bridgehead atoms. The molecule has 0 aromatic carbocycles. The number of hydrogen-bond donors (Lipinski definition) is 2. The summed E-state index contributed by atoms with van der Waals surface area (Å²) in [6.45, 7) is 9.97. The average molecular weight is 252 g/mol. The van der Waals surface area contributed by atoms with E-state index in [-0.39, 0.29) is 5.92 Å². The molecular weight excluding hydrogens is 223 g/mol. The molecule has 0 aliphatic heterocycles. The van der Waals surface area contributed by atoms with Crippen molar-refractivity contribution in [1.82, 2.24) is 0 Å². The van der Waals surface area contributed by atoms with Crippen molar-refractivity contribution in [2.75, 3.05) is 0 Å². The maximum atomic E-state index is 11.2. The first-order chi connectivity index (χ1) is 7.47. The lowest BCUT2D eigenvalue weighted by Crippen LogP contribution is -2.19. The highest BCUT2D eigenvalue weighted by molar-refractivity contribution is 7.52. The van der Waals surface area contributed by atoms with E-state index >= 15 is 0 Å². The number of unbranched alkanes of at least 4 members (excludes halogenated alkanes) is 1. The molecule has 0 aliphatic rings. The van der Waals surface area contributed by atoms with E-state index in [9.17, 15) is 14.4 Å². The zero-order chi connectivity index (χ0) is 13.2. The fourth-order valence-corrected chi connectivity index (χ4v) is 3.37. The molecule has 0 saturated carbocycles. The molecule has 2 atom stereocenters. The van der Waals surface area contributed by atoms with E-state index in [0.29, 0.717) is 6.42 Å². The molecule has 0 heterocycles. The van der Waals surface area contributed by atoms with Crippen LogP contribution in [0.25, 0.3) is 0 Å². The van der Waals surface area contributed by atoms with E-state index in [2.05, 4.69) is 6.92 Å². The largest absolute Gasteiger partial charge is 0.328 e. The van der Waals surface area contributed by atoms with Crippen LogP contribution < -0.4 is 0 Å². The van der Waals surface area contributed by atoms with Crippen molar-refractivity contribution in [2.24, 2.45) is 5.92 Å². The Labute approximate surface area is 101 Å². The van der Waals surface area contributed by atoms with Crippen molar-refractivity contribution in [3.05, 3.63) is 0 Å². The van der Waals surface area contributed by atoms with Gasteiger partial charge in [-0.05, 0) is 18.8 Å². The molecular formula is C12H29O3P. The maximum Gasteiger partial charge on any atom is 0.328 e. The summed E-state index contributed by atoms with van der Waals surface area (Å²) in [7, 11) is -3.89. The van der Waals surface area contributed by atoms with Gasteiger partial charge in [0.1, 0.15) is 0 Å². The molecule has 0 saturated heterocycles. The third kappa shape index (κ3) is 7.43. The van der Waals surface area contributed by atoms with Crippen molar-refractivity contribution in [1.29, 1.82) is 0 Å². The van der Waals surface area contributed by atoms with Crippen molar-refractivity contribution in [2.45, 2.75) is 72.4 Å². The lowest BCUT2D eigenvalue weighted by molar-refractivity contribution is 0.315. The molecule has 0 rings (SSSR count). The van der Waals surface area contributed by atoms with E-state index in [1.165, 1.54) is 0 Å². The van der Waals surface area contributed by atoms with Crippen LogP contribution in [0.3, 0.4) is 0 Å². The zero-order valence-corrected chi connectivity index (χ0v) is 12.3. The van der Waals surface area contributed by atoms with E-state index < -0.39 is 13.3 Å². The van der Waals surface area contributed by atoms with Gasteiger partial charge in [-0.3, -0.25) is 4.57 Å².